The molecule has 0 aliphatic heterocycles. The second kappa shape index (κ2) is 9.39. The zero-order chi connectivity index (χ0) is 23.5. The smallest absolute Gasteiger partial charge is 0.230 e. The van der Waals surface area contributed by atoms with Gasteiger partial charge < -0.3 is 20.3 Å². The molecule has 1 aliphatic rings. The lowest BCUT2D eigenvalue weighted by atomic mass is 9.86. The van der Waals surface area contributed by atoms with Gasteiger partial charge in [-0.3, -0.25) is 9.59 Å². The molecule has 0 spiro atoms. The molecule has 1 fully saturated rings. The average Bonchev–Trinajstić information content (AvgIpc) is 3.24. The predicted molar refractivity (Wildman–Crippen MR) is 131 cm³/mol. The van der Waals surface area contributed by atoms with Crippen molar-refractivity contribution in [2.24, 2.45) is 0 Å². The Morgan fingerprint density at radius 2 is 1.76 bits per heavy atom. The van der Waals surface area contributed by atoms with E-state index < -0.39 is 0 Å². The standard InChI is InChI=1S/C27H26N4O3/c32-23-9-3-5-18(11-23)12-26(33)29-21-14-22(15-21)31-16-25(28-17-31)30-27(34)13-20-8-4-7-19-6-1-2-10-24(19)20/h1-11,16-17,21-22,32H,12-15H2,(H,29,33)(H,30,34). The van der Waals surface area contributed by atoms with Gasteiger partial charge in [0.2, 0.25) is 11.8 Å². The summed E-state index contributed by atoms with van der Waals surface area (Å²) in [5.74, 6) is 0.532. The van der Waals surface area contributed by atoms with Gasteiger partial charge in [0, 0.05) is 18.3 Å². The number of carbonyl (C=O) groups excluding carboxylic acids is 2. The van der Waals surface area contributed by atoms with E-state index in [-0.39, 0.29) is 42.5 Å². The second-order valence-electron chi connectivity index (χ2n) is 8.81. The van der Waals surface area contributed by atoms with Crippen LogP contribution in [-0.2, 0) is 22.4 Å². The van der Waals surface area contributed by atoms with Gasteiger partial charge in [-0.1, -0.05) is 54.6 Å². The molecular formula is C27H26N4O3. The van der Waals surface area contributed by atoms with Gasteiger partial charge in [-0.25, -0.2) is 4.98 Å². The largest absolute Gasteiger partial charge is 0.508 e. The number of hydrogen-bond acceptors (Lipinski definition) is 4. The molecule has 7 nitrogen and oxygen atoms in total. The van der Waals surface area contributed by atoms with Gasteiger partial charge in [0.1, 0.15) is 5.75 Å². The number of phenols is 1. The van der Waals surface area contributed by atoms with Crippen LogP contribution in [0.1, 0.15) is 30.0 Å². The van der Waals surface area contributed by atoms with Crippen LogP contribution in [0.25, 0.3) is 10.8 Å². The first-order valence-electron chi connectivity index (χ1n) is 11.4. The molecule has 1 aromatic heterocycles. The van der Waals surface area contributed by atoms with E-state index in [2.05, 4.69) is 15.6 Å². The molecule has 1 heterocycles. The van der Waals surface area contributed by atoms with Gasteiger partial charge in [0.05, 0.1) is 19.2 Å². The van der Waals surface area contributed by atoms with Crippen LogP contribution in [0.15, 0.2) is 79.3 Å². The fourth-order valence-electron chi connectivity index (χ4n) is 4.49. The van der Waals surface area contributed by atoms with E-state index in [1.54, 1.807) is 24.5 Å². The highest BCUT2D eigenvalue weighted by molar-refractivity contribution is 5.95. The topological polar surface area (TPSA) is 96.2 Å². The van der Waals surface area contributed by atoms with Crippen molar-refractivity contribution in [3.63, 3.8) is 0 Å². The average molecular weight is 455 g/mol. The number of fused-ring (bicyclic) bond motifs is 1. The number of phenolic OH excluding ortho intramolecular Hbond substituents is 1. The van der Waals surface area contributed by atoms with Crippen LogP contribution in [0.5, 0.6) is 5.75 Å². The Labute approximate surface area is 197 Å². The van der Waals surface area contributed by atoms with Crippen molar-refractivity contribution in [3.8, 4) is 5.75 Å². The van der Waals surface area contributed by atoms with Gasteiger partial charge >= 0.3 is 0 Å². The van der Waals surface area contributed by atoms with Gasteiger partial charge in [0.15, 0.2) is 5.82 Å². The van der Waals surface area contributed by atoms with Crippen LogP contribution in [0.4, 0.5) is 5.82 Å². The number of amides is 2. The summed E-state index contributed by atoms with van der Waals surface area (Å²) in [6.45, 7) is 0. The quantitative estimate of drug-likeness (QED) is 0.394. The van der Waals surface area contributed by atoms with Crippen LogP contribution in [0, 0.1) is 0 Å². The van der Waals surface area contributed by atoms with E-state index in [0.29, 0.717) is 5.82 Å². The van der Waals surface area contributed by atoms with Crippen molar-refractivity contribution in [1.29, 1.82) is 0 Å². The maximum absolute atomic E-state index is 12.6. The van der Waals surface area contributed by atoms with E-state index in [1.165, 1.54) is 0 Å². The summed E-state index contributed by atoms with van der Waals surface area (Å²) in [6.07, 6.45) is 5.72. The van der Waals surface area contributed by atoms with E-state index in [0.717, 1.165) is 34.7 Å². The molecule has 2 amide bonds. The maximum atomic E-state index is 12.6. The van der Waals surface area contributed by atoms with Gasteiger partial charge in [-0.2, -0.15) is 0 Å². The molecule has 0 radical (unpaired) electrons. The molecule has 7 heteroatoms. The molecule has 0 unspecified atom stereocenters. The zero-order valence-corrected chi connectivity index (χ0v) is 18.6. The summed E-state index contributed by atoms with van der Waals surface area (Å²) in [4.78, 5) is 29.2. The lowest BCUT2D eigenvalue weighted by Crippen LogP contribution is -2.45. The first-order chi connectivity index (χ1) is 16.5. The van der Waals surface area contributed by atoms with Crippen molar-refractivity contribution in [1.82, 2.24) is 14.9 Å². The Morgan fingerprint density at radius 3 is 2.62 bits per heavy atom. The van der Waals surface area contributed by atoms with Gasteiger partial charge in [0.25, 0.3) is 0 Å². The number of nitrogens with one attached hydrogen (secondary N) is 2. The van der Waals surface area contributed by atoms with Crippen molar-refractivity contribution in [2.75, 3.05) is 5.32 Å². The van der Waals surface area contributed by atoms with Crippen LogP contribution < -0.4 is 10.6 Å². The molecule has 0 bridgehead atoms. The van der Waals surface area contributed by atoms with Crippen LogP contribution >= 0.6 is 0 Å². The molecule has 0 atom stereocenters. The number of aromatic hydroxyl groups is 1. The Hall–Kier alpha value is -4.13. The fourth-order valence-corrected chi connectivity index (χ4v) is 4.49. The molecule has 5 rings (SSSR count). The van der Waals surface area contributed by atoms with Crippen LogP contribution in [0.2, 0.25) is 0 Å². The molecule has 34 heavy (non-hydrogen) atoms. The van der Waals surface area contributed by atoms with Crippen LogP contribution in [-0.4, -0.2) is 32.5 Å². The number of imidazole rings is 1. The monoisotopic (exact) mass is 454 g/mol. The molecule has 1 aliphatic carbocycles. The second-order valence-corrected chi connectivity index (χ2v) is 8.81. The minimum Gasteiger partial charge on any atom is -0.508 e. The van der Waals surface area contributed by atoms with Crippen LogP contribution in [0.3, 0.4) is 0 Å². The Balaban J connectivity index is 1.11. The number of anilines is 1. The SMILES string of the molecule is O=C(Cc1cccc2ccccc12)Nc1cn(C2CC(NC(=O)Cc3cccc(O)c3)C2)cn1. The lowest BCUT2D eigenvalue weighted by molar-refractivity contribution is -0.122. The van der Waals surface area contributed by atoms with E-state index in [9.17, 15) is 14.7 Å². The van der Waals surface area contributed by atoms with Crippen molar-refractivity contribution >= 4 is 28.4 Å². The number of aromatic nitrogens is 2. The lowest BCUT2D eigenvalue weighted by Gasteiger charge is -2.36. The summed E-state index contributed by atoms with van der Waals surface area (Å²) in [6, 6.07) is 21.1. The number of hydrogen-bond donors (Lipinski definition) is 3. The molecule has 3 aromatic carbocycles. The zero-order valence-electron chi connectivity index (χ0n) is 18.6. The molecule has 0 saturated heterocycles. The van der Waals surface area contributed by atoms with Crippen molar-refractivity contribution in [2.45, 2.75) is 37.8 Å². The minimum atomic E-state index is -0.104. The van der Waals surface area contributed by atoms with E-state index in [1.807, 2.05) is 59.3 Å². The summed E-state index contributed by atoms with van der Waals surface area (Å²) in [7, 11) is 0. The first-order valence-corrected chi connectivity index (χ1v) is 11.4. The number of rotatable bonds is 7. The summed E-state index contributed by atoms with van der Waals surface area (Å²) >= 11 is 0. The Kier molecular flexibility index (Phi) is 5.99. The highest BCUT2D eigenvalue weighted by atomic mass is 16.3. The summed E-state index contributed by atoms with van der Waals surface area (Å²) in [5, 5.41) is 17.7. The fraction of sp³-hybridized carbons (Fsp3) is 0.222. The number of nitrogens with zero attached hydrogens (tertiary/aromatic N) is 2. The van der Waals surface area contributed by atoms with E-state index >= 15 is 0 Å². The highest BCUT2D eigenvalue weighted by Crippen LogP contribution is 2.33. The summed E-state index contributed by atoms with van der Waals surface area (Å²) in [5.41, 5.74) is 1.77. The predicted octanol–water partition coefficient (Wildman–Crippen LogP) is 3.99. The molecule has 3 N–H and O–H groups in total. The first kappa shape index (κ1) is 21.7. The summed E-state index contributed by atoms with van der Waals surface area (Å²) < 4.78 is 1.99. The Morgan fingerprint density at radius 1 is 0.971 bits per heavy atom. The Bertz CT molecular complexity index is 1340. The van der Waals surface area contributed by atoms with Crippen molar-refractivity contribution < 1.29 is 14.7 Å². The molecule has 4 aromatic rings. The normalized spacial score (nSPS) is 17.2. The third-order valence-corrected chi connectivity index (χ3v) is 6.28. The number of carbonyl (C=O) groups is 2. The molecule has 1 saturated carbocycles. The maximum Gasteiger partial charge on any atom is 0.230 e. The van der Waals surface area contributed by atoms with Crippen molar-refractivity contribution in [3.05, 3.63) is 90.4 Å². The van der Waals surface area contributed by atoms with Gasteiger partial charge in [-0.05, 0) is 46.9 Å². The van der Waals surface area contributed by atoms with Gasteiger partial charge in [-0.15, -0.1) is 0 Å². The number of benzene rings is 3. The highest BCUT2D eigenvalue weighted by Gasteiger charge is 2.31. The van der Waals surface area contributed by atoms with E-state index in [4.69, 9.17) is 0 Å². The molecular weight excluding hydrogens is 428 g/mol. The minimum absolute atomic E-state index is 0.0546. The third-order valence-electron chi connectivity index (χ3n) is 6.28. The third kappa shape index (κ3) is 4.93. The molecule has 172 valence electrons.